The first-order valence-electron chi connectivity index (χ1n) is 6.61. The van der Waals surface area contributed by atoms with E-state index in [4.69, 9.17) is 4.74 Å². The second kappa shape index (κ2) is 5.68. The van der Waals surface area contributed by atoms with E-state index in [1.807, 2.05) is 0 Å². The number of benzene rings is 2. The van der Waals surface area contributed by atoms with Crippen LogP contribution in [-0.2, 0) is 0 Å². The fourth-order valence-corrected chi connectivity index (χ4v) is 2.23. The second-order valence-corrected chi connectivity index (χ2v) is 4.79. The van der Waals surface area contributed by atoms with Crippen LogP contribution in [0.1, 0.15) is 10.4 Å². The Bertz CT molecular complexity index is 906. The number of H-pyrrole nitrogens is 1. The van der Waals surface area contributed by atoms with Crippen LogP contribution in [0.5, 0.6) is 5.75 Å². The Morgan fingerprint density at radius 3 is 2.65 bits per heavy atom. The van der Waals surface area contributed by atoms with Gasteiger partial charge >= 0.3 is 0 Å². The fourth-order valence-electron chi connectivity index (χ4n) is 2.23. The first-order chi connectivity index (χ1) is 11.0. The highest BCUT2D eigenvalue weighted by atomic mass is 19.2. The molecule has 1 aromatic heterocycles. The Kier molecular flexibility index (Phi) is 3.69. The van der Waals surface area contributed by atoms with Crippen molar-refractivity contribution in [3.05, 3.63) is 59.5 Å². The summed E-state index contributed by atoms with van der Waals surface area (Å²) in [6.45, 7) is 0. The lowest BCUT2D eigenvalue weighted by Crippen LogP contribution is -2.13. The Hall–Kier alpha value is -2.96. The average molecular weight is 320 g/mol. The molecule has 0 bridgehead atoms. The zero-order valence-electron chi connectivity index (χ0n) is 11.9. The maximum absolute atomic E-state index is 13.6. The van der Waals surface area contributed by atoms with Gasteiger partial charge in [0.2, 0.25) is 0 Å². The maximum atomic E-state index is 13.6. The highest BCUT2D eigenvalue weighted by Gasteiger charge is 2.18. The predicted octanol–water partition coefficient (Wildman–Crippen LogP) is 3.85. The van der Waals surface area contributed by atoms with Crippen LogP contribution in [0.15, 0.2) is 36.5 Å². The molecule has 2 aromatic carbocycles. The van der Waals surface area contributed by atoms with Gasteiger partial charge in [0.15, 0.2) is 17.5 Å². The van der Waals surface area contributed by atoms with Crippen molar-refractivity contribution in [1.82, 2.24) is 4.98 Å². The van der Waals surface area contributed by atoms with Gasteiger partial charge in [-0.15, -0.1) is 0 Å². The highest BCUT2D eigenvalue weighted by Crippen LogP contribution is 2.25. The van der Waals surface area contributed by atoms with Gasteiger partial charge < -0.3 is 15.0 Å². The predicted molar refractivity (Wildman–Crippen MR) is 79.1 cm³/mol. The van der Waals surface area contributed by atoms with Gasteiger partial charge in [0.25, 0.3) is 5.91 Å². The molecule has 0 radical (unpaired) electrons. The number of methoxy groups -OCH3 is 1. The number of ether oxygens (including phenoxy) is 1. The van der Waals surface area contributed by atoms with Crippen LogP contribution in [0, 0.1) is 17.5 Å². The van der Waals surface area contributed by atoms with Crippen molar-refractivity contribution >= 4 is 22.5 Å². The van der Waals surface area contributed by atoms with Gasteiger partial charge in [-0.1, -0.05) is 0 Å². The summed E-state index contributed by atoms with van der Waals surface area (Å²) >= 11 is 0. The van der Waals surface area contributed by atoms with E-state index in [0.717, 1.165) is 12.1 Å². The summed E-state index contributed by atoms with van der Waals surface area (Å²) in [5.74, 6) is -4.52. The minimum atomic E-state index is -1.64. The molecule has 4 nitrogen and oxygen atoms in total. The molecule has 3 aromatic rings. The monoisotopic (exact) mass is 320 g/mol. The molecular weight excluding hydrogens is 309 g/mol. The topological polar surface area (TPSA) is 54.1 Å². The zero-order chi connectivity index (χ0) is 16.6. The van der Waals surface area contributed by atoms with E-state index >= 15 is 0 Å². The van der Waals surface area contributed by atoms with Crippen LogP contribution in [-0.4, -0.2) is 18.0 Å². The number of rotatable bonds is 3. The van der Waals surface area contributed by atoms with Crippen molar-refractivity contribution in [2.24, 2.45) is 0 Å². The van der Waals surface area contributed by atoms with E-state index in [0.29, 0.717) is 16.7 Å². The van der Waals surface area contributed by atoms with Crippen molar-refractivity contribution in [3.8, 4) is 5.75 Å². The SMILES string of the molecule is COc1ccc2[nH]cc(C(=O)Nc3ccc(F)c(F)c3F)c2c1. The third kappa shape index (κ3) is 2.61. The fraction of sp³-hybridized carbons (Fsp3) is 0.0625. The summed E-state index contributed by atoms with van der Waals surface area (Å²) in [6.07, 6.45) is 1.44. The molecule has 0 aliphatic rings. The highest BCUT2D eigenvalue weighted by molar-refractivity contribution is 6.13. The Morgan fingerprint density at radius 1 is 1.13 bits per heavy atom. The number of halogens is 3. The van der Waals surface area contributed by atoms with Gasteiger partial charge in [-0.05, 0) is 30.3 Å². The third-order valence-corrected chi connectivity index (χ3v) is 3.42. The largest absolute Gasteiger partial charge is 0.497 e. The van der Waals surface area contributed by atoms with Crippen molar-refractivity contribution in [2.75, 3.05) is 12.4 Å². The third-order valence-electron chi connectivity index (χ3n) is 3.42. The summed E-state index contributed by atoms with van der Waals surface area (Å²) in [6, 6.07) is 6.79. The van der Waals surface area contributed by atoms with E-state index in [1.54, 1.807) is 18.2 Å². The number of carbonyl (C=O) groups excluding carboxylic acids is 1. The molecule has 118 valence electrons. The van der Waals surface area contributed by atoms with E-state index in [2.05, 4.69) is 10.3 Å². The number of hydrogen-bond donors (Lipinski definition) is 2. The molecule has 0 unspecified atom stereocenters. The molecule has 3 rings (SSSR count). The summed E-state index contributed by atoms with van der Waals surface area (Å²) in [5, 5.41) is 2.79. The van der Waals surface area contributed by atoms with Crippen LogP contribution in [0.4, 0.5) is 18.9 Å². The summed E-state index contributed by atoms with van der Waals surface area (Å²) in [7, 11) is 1.49. The standard InChI is InChI=1S/C16H11F3N2O2/c1-23-8-2-4-12-9(6-8)10(7-20-12)16(22)21-13-5-3-11(17)14(18)15(13)19/h2-7,20H,1H3,(H,21,22). The van der Waals surface area contributed by atoms with Crippen molar-refractivity contribution in [2.45, 2.75) is 0 Å². The number of nitrogens with one attached hydrogen (secondary N) is 2. The van der Waals surface area contributed by atoms with E-state index in [-0.39, 0.29) is 5.56 Å². The molecule has 0 spiro atoms. The van der Waals surface area contributed by atoms with Crippen LogP contribution in [0.3, 0.4) is 0 Å². The van der Waals surface area contributed by atoms with E-state index in [1.165, 1.54) is 13.3 Å². The number of anilines is 1. The number of hydrogen-bond acceptors (Lipinski definition) is 2. The minimum Gasteiger partial charge on any atom is -0.497 e. The Labute approximate surface area is 128 Å². The number of aromatic nitrogens is 1. The molecule has 1 heterocycles. The smallest absolute Gasteiger partial charge is 0.257 e. The Balaban J connectivity index is 1.97. The van der Waals surface area contributed by atoms with Crippen LogP contribution >= 0.6 is 0 Å². The van der Waals surface area contributed by atoms with Crippen molar-refractivity contribution < 1.29 is 22.7 Å². The molecule has 0 atom stereocenters. The summed E-state index contributed by atoms with van der Waals surface area (Å²) in [5.41, 5.74) is 0.468. The molecule has 0 aliphatic heterocycles. The molecule has 0 saturated carbocycles. The van der Waals surface area contributed by atoms with Gasteiger partial charge in [-0.25, -0.2) is 13.2 Å². The molecule has 1 amide bonds. The second-order valence-electron chi connectivity index (χ2n) is 4.79. The van der Waals surface area contributed by atoms with Gasteiger partial charge in [0.05, 0.1) is 18.4 Å². The van der Waals surface area contributed by atoms with Crippen molar-refractivity contribution in [1.29, 1.82) is 0 Å². The van der Waals surface area contributed by atoms with Crippen LogP contribution < -0.4 is 10.1 Å². The molecule has 0 fully saturated rings. The van der Waals surface area contributed by atoms with E-state index in [9.17, 15) is 18.0 Å². The Morgan fingerprint density at radius 2 is 1.91 bits per heavy atom. The maximum Gasteiger partial charge on any atom is 0.257 e. The summed E-state index contributed by atoms with van der Waals surface area (Å²) in [4.78, 5) is 15.2. The quantitative estimate of drug-likeness (QED) is 0.720. The molecule has 7 heteroatoms. The molecule has 0 aliphatic carbocycles. The van der Waals surface area contributed by atoms with Gasteiger partial charge in [-0.2, -0.15) is 0 Å². The van der Waals surface area contributed by atoms with Gasteiger partial charge in [-0.3, -0.25) is 4.79 Å². The van der Waals surface area contributed by atoms with Gasteiger partial charge in [0, 0.05) is 17.1 Å². The lowest BCUT2D eigenvalue weighted by Gasteiger charge is -2.07. The van der Waals surface area contributed by atoms with Crippen LogP contribution in [0.25, 0.3) is 10.9 Å². The average Bonchev–Trinajstić information content (AvgIpc) is 2.98. The molecule has 2 N–H and O–H groups in total. The van der Waals surface area contributed by atoms with Crippen LogP contribution in [0.2, 0.25) is 0 Å². The normalized spacial score (nSPS) is 10.8. The minimum absolute atomic E-state index is 0.225. The molecular formula is C16H11F3N2O2. The number of amides is 1. The lowest BCUT2D eigenvalue weighted by molar-refractivity contribution is 0.102. The number of carbonyl (C=O) groups is 1. The molecule has 23 heavy (non-hydrogen) atoms. The lowest BCUT2D eigenvalue weighted by atomic mass is 10.1. The first kappa shape index (κ1) is 15.0. The number of aromatic amines is 1. The van der Waals surface area contributed by atoms with Gasteiger partial charge in [0.1, 0.15) is 5.75 Å². The van der Waals surface area contributed by atoms with E-state index < -0.39 is 29.0 Å². The zero-order valence-corrected chi connectivity index (χ0v) is 11.9. The van der Waals surface area contributed by atoms with Crippen molar-refractivity contribution in [3.63, 3.8) is 0 Å². The summed E-state index contributed by atoms with van der Waals surface area (Å²) < 4.78 is 44.9. The number of fused-ring (bicyclic) bond motifs is 1. The molecule has 0 saturated heterocycles. The first-order valence-corrected chi connectivity index (χ1v) is 6.61.